The fraction of sp³-hybridized carbons (Fsp3) is 0.731. The molecule has 0 fully saturated rings. The van der Waals surface area contributed by atoms with Crippen molar-refractivity contribution in [2.45, 2.75) is 122 Å². The fourth-order valence-electron chi connectivity index (χ4n) is 3.90. The first kappa shape index (κ1) is 28.7. The first-order valence-electron chi connectivity index (χ1n) is 12.8. The van der Waals surface area contributed by atoms with E-state index < -0.39 is 11.9 Å². The number of hydrogen-bond acceptors (Lipinski definition) is 4. The van der Waals surface area contributed by atoms with E-state index in [9.17, 15) is 14.4 Å². The quantitative estimate of drug-likeness (QED) is 0.164. The molecule has 0 saturated heterocycles. The van der Waals surface area contributed by atoms with Crippen molar-refractivity contribution in [1.29, 1.82) is 0 Å². The molecule has 0 aliphatic rings. The monoisotopic (exact) mass is 465 g/mol. The molecule has 0 radical (unpaired) electrons. The highest BCUT2D eigenvalue weighted by Gasteiger charge is 2.09. The zero-order chi connectivity index (χ0) is 24.2. The molecule has 1 aromatic rings. The van der Waals surface area contributed by atoms with Crippen LogP contribution in [0.25, 0.3) is 0 Å². The second kappa shape index (κ2) is 19.2. The van der Waals surface area contributed by atoms with Gasteiger partial charge in [0, 0.05) is 12.8 Å². The number of unbranched alkanes of at least 4 members (excludes halogenated alkanes) is 15. The van der Waals surface area contributed by atoms with Gasteiger partial charge in [-0.3, -0.25) is 9.59 Å². The van der Waals surface area contributed by atoms with Crippen LogP contribution in [0.3, 0.4) is 0 Å². The van der Waals surface area contributed by atoms with Crippen LogP contribution in [0.5, 0.6) is 0 Å². The normalized spacial score (nSPS) is 10.9. The van der Waals surface area contributed by atoms with Crippen molar-refractivity contribution in [3.8, 4) is 0 Å². The van der Waals surface area contributed by atoms with Crippen LogP contribution >= 0.6 is 0 Å². The summed E-state index contributed by atoms with van der Waals surface area (Å²) in [4.78, 5) is 33.0. The third kappa shape index (κ3) is 16.9. The SMILES string of the molecule is O=C(O)CCCCCCCCCCCCCCCCCCC(=O)NCc1ccc(C(=O)O)o1. The number of hydrogen-bond donors (Lipinski definition) is 3. The number of nitrogens with one attached hydrogen (secondary N) is 1. The summed E-state index contributed by atoms with van der Waals surface area (Å²) in [6, 6.07) is 2.96. The van der Waals surface area contributed by atoms with Crippen molar-refractivity contribution >= 4 is 17.8 Å². The lowest BCUT2D eigenvalue weighted by Gasteiger charge is -2.04. The van der Waals surface area contributed by atoms with Gasteiger partial charge in [0.25, 0.3) is 0 Å². The Balaban J connectivity index is 1.78. The molecule has 0 saturated carbocycles. The number of rotatable bonds is 22. The van der Waals surface area contributed by atoms with Gasteiger partial charge in [0.15, 0.2) is 0 Å². The maximum absolute atomic E-state index is 11.9. The van der Waals surface area contributed by atoms with Gasteiger partial charge in [0.1, 0.15) is 5.76 Å². The Morgan fingerprint density at radius 2 is 1.06 bits per heavy atom. The Kier molecular flexibility index (Phi) is 16.7. The molecule has 7 heteroatoms. The van der Waals surface area contributed by atoms with Gasteiger partial charge in [-0.25, -0.2) is 4.79 Å². The third-order valence-corrected chi connectivity index (χ3v) is 5.88. The molecule has 0 bridgehead atoms. The standard InChI is InChI=1S/C26H43NO6/c28-24(27-21-22-19-20-23(33-22)26(31)32)17-15-13-11-9-7-5-3-1-2-4-6-8-10-12-14-16-18-25(29)30/h19-20H,1-18,21H2,(H,27,28)(H,29,30)(H,31,32). The maximum atomic E-state index is 11.9. The van der Waals surface area contributed by atoms with Gasteiger partial charge in [0.2, 0.25) is 11.7 Å². The van der Waals surface area contributed by atoms with E-state index in [-0.39, 0.29) is 18.2 Å². The number of carboxylic acid groups (broad SMARTS) is 2. The van der Waals surface area contributed by atoms with E-state index in [0.29, 0.717) is 18.6 Å². The van der Waals surface area contributed by atoms with Gasteiger partial charge in [-0.1, -0.05) is 89.9 Å². The molecule has 0 aliphatic carbocycles. The number of carbonyl (C=O) groups is 3. The van der Waals surface area contributed by atoms with Crippen LogP contribution in [-0.4, -0.2) is 28.1 Å². The van der Waals surface area contributed by atoms with E-state index >= 15 is 0 Å². The summed E-state index contributed by atoms with van der Waals surface area (Å²) in [6.45, 7) is 0.223. The molecule has 188 valence electrons. The predicted octanol–water partition coefficient (Wildman–Crippen LogP) is 6.70. The highest BCUT2D eigenvalue weighted by molar-refractivity contribution is 5.84. The second-order valence-electron chi connectivity index (χ2n) is 8.90. The van der Waals surface area contributed by atoms with Crippen LogP contribution in [0.2, 0.25) is 0 Å². The number of furan rings is 1. The van der Waals surface area contributed by atoms with Crippen molar-refractivity contribution in [3.63, 3.8) is 0 Å². The van der Waals surface area contributed by atoms with E-state index in [2.05, 4.69) is 5.32 Å². The van der Waals surface area contributed by atoms with Crippen molar-refractivity contribution in [1.82, 2.24) is 5.32 Å². The molecule has 7 nitrogen and oxygen atoms in total. The molecule has 0 aromatic carbocycles. The summed E-state index contributed by atoms with van der Waals surface area (Å²) in [7, 11) is 0. The van der Waals surface area contributed by atoms with E-state index in [1.54, 1.807) is 6.07 Å². The lowest BCUT2D eigenvalue weighted by Crippen LogP contribution is -2.22. The van der Waals surface area contributed by atoms with Gasteiger partial charge >= 0.3 is 11.9 Å². The number of aliphatic carboxylic acids is 1. The van der Waals surface area contributed by atoms with Crippen LogP contribution in [0, 0.1) is 0 Å². The van der Waals surface area contributed by atoms with Crippen LogP contribution < -0.4 is 5.32 Å². The highest BCUT2D eigenvalue weighted by atomic mass is 16.4. The first-order chi connectivity index (χ1) is 16.0. The number of carbonyl (C=O) groups excluding carboxylic acids is 1. The molecular weight excluding hydrogens is 422 g/mol. The summed E-state index contributed by atoms with van der Waals surface area (Å²) in [5.74, 6) is -1.48. The van der Waals surface area contributed by atoms with E-state index in [4.69, 9.17) is 14.6 Å². The summed E-state index contributed by atoms with van der Waals surface area (Å²) in [5.41, 5.74) is 0. The minimum absolute atomic E-state index is 0.0264. The molecule has 1 rings (SSSR count). The second-order valence-corrected chi connectivity index (χ2v) is 8.90. The Hall–Kier alpha value is -2.31. The van der Waals surface area contributed by atoms with Crippen LogP contribution in [0.4, 0.5) is 0 Å². The van der Waals surface area contributed by atoms with Crippen LogP contribution in [-0.2, 0) is 16.1 Å². The summed E-state index contributed by atoms with van der Waals surface area (Å²) < 4.78 is 5.11. The minimum Gasteiger partial charge on any atom is -0.481 e. The van der Waals surface area contributed by atoms with E-state index in [1.165, 1.54) is 76.7 Å². The molecule has 3 N–H and O–H groups in total. The van der Waals surface area contributed by atoms with Gasteiger partial charge in [-0.15, -0.1) is 0 Å². The van der Waals surface area contributed by atoms with Crippen molar-refractivity contribution in [2.24, 2.45) is 0 Å². The van der Waals surface area contributed by atoms with Gasteiger partial charge in [-0.2, -0.15) is 0 Å². The predicted molar refractivity (Wildman–Crippen MR) is 128 cm³/mol. The van der Waals surface area contributed by atoms with Crippen molar-refractivity contribution in [2.75, 3.05) is 0 Å². The Bertz CT molecular complexity index is 669. The largest absolute Gasteiger partial charge is 0.481 e. The van der Waals surface area contributed by atoms with E-state index in [1.807, 2.05) is 0 Å². The average Bonchev–Trinajstić information content (AvgIpc) is 3.26. The Morgan fingerprint density at radius 1 is 0.636 bits per heavy atom. The molecule has 0 atom stereocenters. The molecule has 0 spiro atoms. The Morgan fingerprint density at radius 3 is 1.45 bits per heavy atom. The fourth-order valence-corrected chi connectivity index (χ4v) is 3.90. The topological polar surface area (TPSA) is 117 Å². The number of carboxylic acids is 2. The molecule has 1 aromatic heterocycles. The molecule has 0 unspecified atom stereocenters. The molecule has 1 amide bonds. The summed E-state index contributed by atoms with van der Waals surface area (Å²) in [5, 5.41) is 20.2. The summed E-state index contributed by atoms with van der Waals surface area (Å²) in [6.07, 6.45) is 19.8. The molecule has 33 heavy (non-hydrogen) atoms. The zero-order valence-electron chi connectivity index (χ0n) is 20.1. The smallest absolute Gasteiger partial charge is 0.371 e. The third-order valence-electron chi connectivity index (χ3n) is 5.88. The lowest BCUT2D eigenvalue weighted by molar-refractivity contribution is -0.137. The number of aromatic carboxylic acids is 1. The van der Waals surface area contributed by atoms with Gasteiger partial charge in [-0.05, 0) is 25.0 Å². The molecule has 1 heterocycles. The van der Waals surface area contributed by atoms with Crippen LogP contribution in [0.1, 0.15) is 132 Å². The van der Waals surface area contributed by atoms with Gasteiger partial charge < -0.3 is 19.9 Å². The molecule has 0 aliphatic heterocycles. The minimum atomic E-state index is -1.11. The zero-order valence-corrected chi connectivity index (χ0v) is 20.1. The lowest BCUT2D eigenvalue weighted by atomic mass is 10.0. The average molecular weight is 466 g/mol. The highest BCUT2D eigenvalue weighted by Crippen LogP contribution is 2.14. The van der Waals surface area contributed by atoms with Crippen molar-refractivity contribution in [3.05, 3.63) is 23.7 Å². The van der Waals surface area contributed by atoms with Gasteiger partial charge in [0.05, 0.1) is 6.54 Å². The van der Waals surface area contributed by atoms with Crippen LogP contribution in [0.15, 0.2) is 16.5 Å². The molecular formula is C26H43NO6. The number of amides is 1. The van der Waals surface area contributed by atoms with Crippen molar-refractivity contribution < 1.29 is 29.0 Å². The van der Waals surface area contributed by atoms with E-state index in [0.717, 1.165) is 32.1 Å². The Labute approximate surface area is 198 Å². The maximum Gasteiger partial charge on any atom is 0.371 e. The summed E-state index contributed by atoms with van der Waals surface area (Å²) >= 11 is 0. The first-order valence-corrected chi connectivity index (χ1v) is 12.8.